The van der Waals surface area contributed by atoms with Crippen molar-refractivity contribution in [2.75, 3.05) is 25.0 Å². The van der Waals surface area contributed by atoms with Crippen LogP contribution < -0.4 is 4.90 Å². The SMILES string of the molecule is CCC(C(O)C(=O)O)N(C)CC(O)c1cccc2c1CCN2Cc1ccccc1. The zero-order valence-corrected chi connectivity index (χ0v) is 17.0. The lowest BCUT2D eigenvalue weighted by Crippen LogP contribution is -2.46. The van der Waals surface area contributed by atoms with Gasteiger partial charge in [-0.2, -0.15) is 0 Å². The maximum atomic E-state index is 11.2. The summed E-state index contributed by atoms with van der Waals surface area (Å²) in [6, 6.07) is 15.8. The number of nitrogens with zero attached hydrogens (tertiary/aromatic N) is 2. The number of carbonyl (C=O) groups is 1. The molecule has 1 heterocycles. The van der Waals surface area contributed by atoms with Gasteiger partial charge in [-0.3, -0.25) is 4.90 Å². The Morgan fingerprint density at radius 1 is 1.14 bits per heavy atom. The average Bonchev–Trinajstić information content (AvgIpc) is 3.12. The van der Waals surface area contributed by atoms with Crippen LogP contribution in [0.15, 0.2) is 48.5 Å². The van der Waals surface area contributed by atoms with Gasteiger partial charge in [0, 0.05) is 31.4 Å². The Bertz CT molecular complexity index is 827. The molecule has 3 atom stereocenters. The van der Waals surface area contributed by atoms with Crippen LogP contribution in [0.3, 0.4) is 0 Å². The summed E-state index contributed by atoms with van der Waals surface area (Å²) < 4.78 is 0. The lowest BCUT2D eigenvalue weighted by Gasteiger charge is -2.31. The molecule has 1 aliphatic heterocycles. The zero-order chi connectivity index (χ0) is 21.0. The summed E-state index contributed by atoms with van der Waals surface area (Å²) in [5.41, 5.74) is 4.42. The van der Waals surface area contributed by atoms with Crippen molar-refractivity contribution in [2.24, 2.45) is 0 Å². The number of anilines is 1. The predicted molar refractivity (Wildman–Crippen MR) is 113 cm³/mol. The van der Waals surface area contributed by atoms with Gasteiger partial charge in [0.15, 0.2) is 6.10 Å². The van der Waals surface area contributed by atoms with Gasteiger partial charge in [-0.1, -0.05) is 49.4 Å². The molecule has 0 saturated carbocycles. The maximum absolute atomic E-state index is 11.2. The van der Waals surface area contributed by atoms with Gasteiger partial charge < -0.3 is 20.2 Å². The number of likely N-dealkylation sites (N-methyl/N-ethyl adjacent to an activating group) is 1. The van der Waals surface area contributed by atoms with Crippen LogP contribution in [0.2, 0.25) is 0 Å². The number of hydrogen-bond donors (Lipinski definition) is 3. The fourth-order valence-corrected chi connectivity index (χ4v) is 4.26. The first-order valence-electron chi connectivity index (χ1n) is 10.1. The van der Waals surface area contributed by atoms with Crippen molar-refractivity contribution in [3.05, 3.63) is 65.2 Å². The van der Waals surface area contributed by atoms with Crippen molar-refractivity contribution in [1.82, 2.24) is 4.90 Å². The van der Waals surface area contributed by atoms with Crippen LogP contribution in [0.25, 0.3) is 0 Å². The third kappa shape index (κ3) is 4.78. The second-order valence-corrected chi connectivity index (χ2v) is 7.72. The minimum absolute atomic E-state index is 0.262. The highest BCUT2D eigenvalue weighted by Gasteiger charge is 2.30. The second-order valence-electron chi connectivity index (χ2n) is 7.72. The Labute approximate surface area is 172 Å². The first-order chi connectivity index (χ1) is 13.9. The third-order valence-corrected chi connectivity index (χ3v) is 5.80. The number of carboxylic acids is 1. The molecule has 156 valence electrons. The Kier molecular flexibility index (Phi) is 6.90. The molecule has 3 unspecified atom stereocenters. The van der Waals surface area contributed by atoms with Gasteiger partial charge in [0.25, 0.3) is 0 Å². The van der Waals surface area contributed by atoms with Gasteiger partial charge in [0.05, 0.1) is 6.10 Å². The van der Waals surface area contributed by atoms with Crippen molar-refractivity contribution in [1.29, 1.82) is 0 Å². The molecule has 0 aromatic heterocycles. The molecule has 0 aliphatic carbocycles. The fraction of sp³-hybridized carbons (Fsp3) is 0.435. The van der Waals surface area contributed by atoms with E-state index in [1.165, 1.54) is 5.56 Å². The summed E-state index contributed by atoms with van der Waals surface area (Å²) in [6.07, 6.45) is -0.871. The molecular weight excluding hydrogens is 368 g/mol. The Balaban J connectivity index is 1.74. The second kappa shape index (κ2) is 9.39. The minimum Gasteiger partial charge on any atom is -0.479 e. The van der Waals surface area contributed by atoms with Gasteiger partial charge in [-0.05, 0) is 42.6 Å². The quantitative estimate of drug-likeness (QED) is 0.602. The van der Waals surface area contributed by atoms with Crippen LogP contribution in [0.5, 0.6) is 0 Å². The molecular formula is C23H30N2O4. The normalized spacial score (nSPS) is 16.5. The number of hydrogen-bond acceptors (Lipinski definition) is 5. The van der Waals surface area contributed by atoms with Crippen LogP contribution in [0.1, 0.15) is 36.1 Å². The highest BCUT2D eigenvalue weighted by atomic mass is 16.4. The Morgan fingerprint density at radius 3 is 2.52 bits per heavy atom. The predicted octanol–water partition coefficient (Wildman–Crippen LogP) is 2.44. The van der Waals surface area contributed by atoms with E-state index in [9.17, 15) is 15.0 Å². The molecule has 0 radical (unpaired) electrons. The topological polar surface area (TPSA) is 84.2 Å². The molecule has 0 spiro atoms. The van der Waals surface area contributed by atoms with Crippen molar-refractivity contribution in [3.8, 4) is 0 Å². The number of aliphatic hydroxyl groups excluding tert-OH is 2. The lowest BCUT2D eigenvalue weighted by atomic mass is 9.98. The van der Waals surface area contributed by atoms with E-state index in [1.54, 1.807) is 11.9 Å². The molecule has 6 nitrogen and oxygen atoms in total. The average molecular weight is 399 g/mol. The van der Waals surface area contributed by atoms with Crippen molar-refractivity contribution in [2.45, 2.75) is 44.6 Å². The van der Waals surface area contributed by atoms with E-state index >= 15 is 0 Å². The fourth-order valence-electron chi connectivity index (χ4n) is 4.26. The van der Waals surface area contributed by atoms with Gasteiger partial charge in [0.1, 0.15) is 0 Å². The third-order valence-electron chi connectivity index (χ3n) is 5.80. The maximum Gasteiger partial charge on any atom is 0.334 e. The van der Waals surface area contributed by atoms with Crippen LogP contribution >= 0.6 is 0 Å². The molecule has 0 amide bonds. The highest BCUT2D eigenvalue weighted by Crippen LogP contribution is 2.35. The molecule has 2 aromatic rings. The van der Waals surface area contributed by atoms with E-state index in [0.717, 1.165) is 36.3 Å². The van der Waals surface area contributed by atoms with Crippen molar-refractivity contribution in [3.63, 3.8) is 0 Å². The first kappa shape index (κ1) is 21.3. The van der Waals surface area contributed by atoms with E-state index in [1.807, 2.05) is 37.3 Å². The van der Waals surface area contributed by atoms with Gasteiger partial charge in [-0.15, -0.1) is 0 Å². The highest BCUT2D eigenvalue weighted by molar-refractivity contribution is 5.72. The summed E-state index contributed by atoms with van der Waals surface area (Å²) >= 11 is 0. The van der Waals surface area contributed by atoms with E-state index in [4.69, 9.17) is 5.11 Å². The van der Waals surface area contributed by atoms with Gasteiger partial charge in [-0.25, -0.2) is 4.79 Å². The lowest BCUT2D eigenvalue weighted by molar-refractivity contribution is -0.150. The molecule has 2 aromatic carbocycles. The largest absolute Gasteiger partial charge is 0.479 e. The number of rotatable bonds is 9. The Hall–Kier alpha value is -2.41. The number of benzene rings is 2. The molecule has 1 aliphatic rings. The van der Waals surface area contributed by atoms with Crippen LogP contribution in [-0.2, 0) is 17.8 Å². The van der Waals surface area contributed by atoms with E-state index in [0.29, 0.717) is 6.42 Å². The molecule has 3 N–H and O–H groups in total. The van der Waals surface area contributed by atoms with Crippen molar-refractivity contribution < 1.29 is 20.1 Å². The van der Waals surface area contributed by atoms with Crippen LogP contribution in [-0.4, -0.2) is 58.5 Å². The van der Waals surface area contributed by atoms with Gasteiger partial charge in [0.2, 0.25) is 0 Å². The number of aliphatic carboxylic acids is 1. The number of fused-ring (bicyclic) bond motifs is 1. The van der Waals surface area contributed by atoms with E-state index in [-0.39, 0.29) is 6.54 Å². The summed E-state index contributed by atoms with van der Waals surface area (Å²) in [6.45, 7) is 3.83. The molecule has 0 bridgehead atoms. The minimum atomic E-state index is -1.47. The van der Waals surface area contributed by atoms with Crippen LogP contribution in [0.4, 0.5) is 5.69 Å². The molecule has 0 fully saturated rings. The van der Waals surface area contributed by atoms with Crippen LogP contribution in [0, 0.1) is 0 Å². The number of carboxylic acid groups (broad SMARTS) is 1. The monoisotopic (exact) mass is 398 g/mol. The molecule has 6 heteroatoms. The summed E-state index contributed by atoms with van der Waals surface area (Å²) in [7, 11) is 1.74. The molecule has 0 saturated heterocycles. The molecule has 3 rings (SSSR count). The number of aliphatic hydroxyl groups is 2. The summed E-state index contributed by atoms with van der Waals surface area (Å²) in [5.74, 6) is -1.24. The smallest absolute Gasteiger partial charge is 0.334 e. The standard InChI is InChI=1S/C23H30N2O4/c1-3-19(22(27)23(28)29)24(2)15-21(26)18-10-7-11-20-17(18)12-13-25(20)14-16-8-5-4-6-9-16/h4-11,19,21-22,26-27H,3,12-15H2,1-2H3,(H,28,29). The van der Waals surface area contributed by atoms with E-state index in [2.05, 4.69) is 23.1 Å². The van der Waals surface area contributed by atoms with E-state index < -0.39 is 24.2 Å². The summed E-state index contributed by atoms with van der Waals surface area (Å²) in [5, 5.41) is 30.0. The summed E-state index contributed by atoms with van der Waals surface area (Å²) in [4.78, 5) is 15.2. The van der Waals surface area contributed by atoms with Gasteiger partial charge >= 0.3 is 5.97 Å². The first-order valence-corrected chi connectivity index (χ1v) is 10.1. The Morgan fingerprint density at radius 2 is 1.86 bits per heavy atom. The van der Waals surface area contributed by atoms with Crippen molar-refractivity contribution >= 4 is 11.7 Å². The molecule has 29 heavy (non-hydrogen) atoms. The zero-order valence-electron chi connectivity index (χ0n) is 17.0.